The Kier molecular flexibility index (Phi) is 6.09. The third-order valence-electron chi connectivity index (χ3n) is 3.98. The molecule has 0 atom stereocenters. The van der Waals surface area contributed by atoms with Crippen molar-refractivity contribution in [1.82, 2.24) is 4.90 Å². The third-order valence-corrected chi connectivity index (χ3v) is 5.65. The van der Waals surface area contributed by atoms with Crippen molar-refractivity contribution in [1.29, 1.82) is 0 Å². The second-order valence-corrected chi connectivity index (χ2v) is 8.12. The smallest absolute Gasteiger partial charge is 0.266 e. The van der Waals surface area contributed by atoms with Gasteiger partial charge in [-0.3, -0.25) is 9.69 Å². The number of aryl methyl sites for hydroxylation is 1. The monoisotopic (exact) mass is 419 g/mol. The zero-order valence-corrected chi connectivity index (χ0v) is 17.2. The van der Waals surface area contributed by atoms with Crippen LogP contribution >= 0.6 is 35.6 Å². The summed E-state index contributed by atoms with van der Waals surface area (Å²) in [5.74, 6) is 0.0294. The molecule has 1 aliphatic heterocycles. The lowest BCUT2D eigenvalue weighted by atomic mass is 10.1. The maximum atomic E-state index is 12.8. The van der Waals surface area contributed by atoms with Gasteiger partial charge in [0.05, 0.1) is 23.1 Å². The molecular formula is C20H18ClNO3S2. The molecule has 27 heavy (non-hydrogen) atoms. The van der Waals surface area contributed by atoms with E-state index in [1.807, 2.05) is 38.1 Å². The number of benzene rings is 2. The van der Waals surface area contributed by atoms with Gasteiger partial charge in [0.15, 0.2) is 11.5 Å². The number of amides is 1. The first-order valence-corrected chi connectivity index (χ1v) is 9.95. The molecule has 1 fully saturated rings. The molecule has 1 aliphatic rings. The Labute approximate surface area is 172 Å². The number of nitrogens with zero attached hydrogens (tertiary/aromatic N) is 1. The minimum atomic E-state index is -0.146. The van der Waals surface area contributed by atoms with Crippen molar-refractivity contribution in [3.63, 3.8) is 0 Å². The number of ether oxygens (including phenoxy) is 1. The van der Waals surface area contributed by atoms with Gasteiger partial charge in [-0.25, -0.2) is 0 Å². The summed E-state index contributed by atoms with van der Waals surface area (Å²) in [5, 5.41) is 10.1. The fourth-order valence-electron chi connectivity index (χ4n) is 2.61. The fraction of sp³-hybridized carbons (Fsp3) is 0.200. The number of phenols is 1. The van der Waals surface area contributed by atoms with Crippen LogP contribution in [0.25, 0.3) is 6.08 Å². The first-order chi connectivity index (χ1) is 12.9. The van der Waals surface area contributed by atoms with Gasteiger partial charge in [0.1, 0.15) is 4.32 Å². The fourth-order valence-corrected chi connectivity index (χ4v) is 4.08. The summed E-state index contributed by atoms with van der Waals surface area (Å²) in [7, 11) is 0. The maximum absolute atomic E-state index is 12.8. The minimum Gasteiger partial charge on any atom is -0.503 e. The van der Waals surface area contributed by atoms with Crippen molar-refractivity contribution in [3.05, 3.63) is 63.0 Å². The molecule has 1 saturated heterocycles. The van der Waals surface area contributed by atoms with Gasteiger partial charge in [0.2, 0.25) is 0 Å². The molecule has 0 aliphatic carbocycles. The summed E-state index contributed by atoms with van der Waals surface area (Å²) in [5.41, 5.74) is 2.85. The SMILES string of the molecule is CCOc1cc(/C=C2\SC(=S)N(Cc3ccc(C)cc3)C2=O)cc(Cl)c1O. The van der Waals surface area contributed by atoms with Gasteiger partial charge in [-0.05, 0) is 43.2 Å². The average molecular weight is 420 g/mol. The van der Waals surface area contributed by atoms with Crippen LogP contribution in [0.4, 0.5) is 0 Å². The van der Waals surface area contributed by atoms with Gasteiger partial charge in [-0.15, -0.1) is 0 Å². The highest BCUT2D eigenvalue weighted by Crippen LogP contribution is 2.38. The zero-order chi connectivity index (χ0) is 19.6. The second-order valence-electron chi connectivity index (χ2n) is 6.04. The quantitative estimate of drug-likeness (QED) is 0.536. The van der Waals surface area contributed by atoms with E-state index in [0.29, 0.717) is 27.9 Å². The zero-order valence-electron chi connectivity index (χ0n) is 14.9. The van der Waals surface area contributed by atoms with Gasteiger partial charge < -0.3 is 9.84 Å². The number of aromatic hydroxyl groups is 1. The van der Waals surface area contributed by atoms with Crippen molar-refractivity contribution in [2.24, 2.45) is 0 Å². The molecule has 3 rings (SSSR count). The lowest BCUT2D eigenvalue weighted by Crippen LogP contribution is -2.27. The molecule has 2 aromatic rings. The van der Waals surface area contributed by atoms with Crippen LogP contribution in [0.1, 0.15) is 23.6 Å². The van der Waals surface area contributed by atoms with Crippen molar-refractivity contribution in [2.75, 3.05) is 6.61 Å². The Morgan fingerprint density at radius 2 is 2.00 bits per heavy atom. The Morgan fingerprint density at radius 1 is 1.30 bits per heavy atom. The van der Waals surface area contributed by atoms with E-state index in [1.165, 1.54) is 17.3 Å². The number of hydrogen-bond acceptors (Lipinski definition) is 5. The van der Waals surface area contributed by atoms with Gasteiger partial charge in [0, 0.05) is 0 Å². The number of hydrogen-bond donors (Lipinski definition) is 1. The molecule has 7 heteroatoms. The number of carbonyl (C=O) groups excluding carboxylic acids is 1. The van der Waals surface area contributed by atoms with E-state index in [9.17, 15) is 9.90 Å². The van der Waals surface area contributed by atoms with Gasteiger partial charge in [0.25, 0.3) is 5.91 Å². The lowest BCUT2D eigenvalue weighted by Gasteiger charge is -2.14. The second kappa shape index (κ2) is 8.33. The number of rotatable bonds is 5. The molecule has 0 saturated carbocycles. The molecule has 0 unspecified atom stereocenters. The summed E-state index contributed by atoms with van der Waals surface area (Å²) in [6.45, 7) is 4.66. The topological polar surface area (TPSA) is 49.8 Å². The highest BCUT2D eigenvalue weighted by atomic mass is 35.5. The summed E-state index contributed by atoms with van der Waals surface area (Å²) in [6.07, 6.45) is 1.71. The van der Waals surface area contributed by atoms with Crippen LogP contribution < -0.4 is 4.74 Å². The first kappa shape index (κ1) is 19.7. The first-order valence-electron chi connectivity index (χ1n) is 8.35. The summed E-state index contributed by atoms with van der Waals surface area (Å²) < 4.78 is 5.90. The normalized spacial score (nSPS) is 15.7. The van der Waals surface area contributed by atoms with Gasteiger partial charge in [-0.1, -0.05) is 65.4 Å². The van der Waals surface area contributed by atoms with E-state index in [2.05, 4.69) is 0 Å². The number of thioether (sulfide) groups is 1. The van der Waals surface area contributed by atoms with Crippen LogP contribution in [0.3, 0.4) is 0 Å². The van der Waals surface area contributed by atoms with Crippen molar-refractivity contribution < 1.29 is 14.6 Å². The molecule has 2 aromatic carbocycles. The Bertz CT molecular complexity index is 926. The van der Waals surface area contributed by atoms with E-state index in [-0.39, 0.29) is 22.4 Å². The lowest BCUT2D eigenvalue weighted by molar-refractivity contribution is -0.122. The Balaban J connectivity index is 1.85. The van der Waals surface area contributed by atoms with E-state index in [4.69, 9.17) is 28.6 Å². The van der Waals surface area contributed by atoms with Gasteiger partial charge >= 0.3 is 0 Å². The molecule has 1 N–H and O–H groups in total. The number of carbonyl (C=O) groups is 1. The molecular weight excluding hydrogens is 402 g/mol. The van der Waals surface area contributed by atoms with Crippen molar-refractivity contribution in [3.8, 4) is 11.5 Å². The predicted octanol–water partition coefficient (Wildman–Crippen LogP) is 5.15. The highest BCUT2D eigenvalue weighted by molar-refractivity contribution is 8.26. The summed E-state index contributed by atoms with van der Waals surface area (Å²) in [6, 6.07) is 11.2. The Morgan fingerprint density at radius 3 is 2.67 bits per heavy atom. The van der Waals surface area contributed by atoms with Crippen LogP contribution in [0, 0.1) is 6.92 Å². The molecule has 0 radical (unpaired) electrons. The summed E-state index contributed by atoms with van der Waals surface area (Å²) >= 11 is 12.7. The minimum absolute atomic E-state index is 0.109. The van der Waals surface area contributed by atoms with Gasteiger partial charge in [-0.2, -0.15) is 0 Å². The Hall–Kier alpha value is -2.02. The van der Waals surface area contributed by atoms with Crippen LogP contribution in [0.15, 0.2) is 41.3 Å². The predicted molar refractivity (Wildman–Crippen MR) is 114 cm³/mol. The molecule has 0 spiro atoms. The van der Waals surface area contributed by atoms with Crippen LogP contribution in [0.5, 0.6) is 11.5 Å². The molecule has 0 aromatic heterocycles. The van der Waals surface area contributed by atoms with E-state index >= 15 is 0 Å². The maximum Gasteiger partial charge on any atom is 0.266 e. The van der Waals surface area contributed by atoms with Crippen LogP contribution in [-0.4, -0.2) is 26.8 Å². The molecule has 4 nitrogen and oxygen atoms in total. The van der Waals surface area contributed by atoms with E-state index in [0.717, 1.165) is 5.56 Å². The average Bonchev–Trinajstić information content (AvgIpc) is 2.88. The largest absolute Gasteiger partial charge is 0.503 e. The number of thiocarbonyl (C=S) groups is 1. The van der Waals surface area contributed by atoms with Crippen molar-refractivity contribution >= 4 is 51.9 Å². The molecule has 140 valence electrons. The van der Waals surface area contributed by atoms with E-state index < -0.39 is 0 Å². The van der Waals surface area contributed by atoms with Crippen LogP contribution in [0.2, 0.25) is 5.02 Å². The highest BCUT2D eigenvalue weighted by Gasteiger charge is 2.32. The number of halogens is 1. The van der Waals surface area contributed by atoms with Crippen molar-refractivity contribution in [2.45, 2.75) is 20.4 Å². The van der Waals surface area contributed by atoms with Crippen LogP contribution in [-0.2, 0) is 11.3 Å². The summed E-state index contributed by atoms with van der Waals surface area (Å²) in [4.78, 5) is 14.9. The standard InChI is InChI=1S/C20H18ClNO3S2/c1-3-25-16-9-14(8-15(21)18(16)23)10-17-19(24)22(20(26)27-17)11-13-6-4-12(2)5-7-13/h4-10,23H,3,11H2,1-2H3/b17-10-. The van der Waals surface area contributed by atoms with E-state index in [1.54, 1.807) is 23.1 Å². The third kappa shape index (κ3) is 4.46. The number of phenolic OH excluding ortho intramolecular Hbond substituents is 1. The molecule has 0 bridgehead atoms. The molecule has 1 heterocycles. The molecule has 1 amide bonds.